The van der Waals surface area contributed by atoms with Crippen LogP contribution in [-0.2, 0) is 0 Å². The average molecular weight is 285 g/mol. The van der Waals surface area contributed by atoms with E-state index >= 15 is 0 Å². The highest BCUT2D eigenvalue weighted by Gasteiger charge is 2.08. The first-order chi connectivity index (χ1) is 9.67. The van der Waals surface area contributed by atoms with Gasteiger partial charge in [0.1, 0.15) is 5.75 Å². The molecule has 0 spiro atoms. The van der Waals surface area contributed by atoms with E-state index in [1.165, 1.54) is 6.20 Å². The highest BCUT2D eigenvalue weighted by Crippen LogP contribution is 2.34. The van der Waals surface area contributed by atoms with E-state index in [9.17, 15) is 4.79 Å². The SMILES string of the molecule is COc1ccc2cc(-c3ccc(C(=O)O)cn3)sc2c1. The first-order valence-electron chi connectivity index (χ1n) is 5.94. The van der Waals surface area contributed by atoms with Crippen molar-refractivity contribution in [2.45, 2.75) is 0 Å². The molecule has 3 aromatic rings. The molecule has 0 aliphatic heterocycles. The number of carboxylic acids is 1. The van der Waals surface area contributed by atoms with Crippen molar-refractivity contribution in [1.29, 1.82) is 0 Å². The molecule has 0 radical (unpaired) electrons. The number of rotatable bonds is 3. The summed E-state index contributed by atoms with van der Waals surface area (Å²) in [6.07, 6.45) is 1.38. The standard InChI is InChI=1S/C15H11NO3S/c1-19-11-4-2-9-6-14(20-13(9)7-11)12-5-3-10(8-16-12)15(17)18/h2-8H,1H3,(H,17,18). The average Bonchev–Trinajstić information content (AvgIpc) is 2.90. The van der Waals surface area contributed by atoms with Crippen molar-refractivity contribution in [1.82, 2.24) is 4.98 Å². The van der Waals surface area contributed by atoms with Crippen molar-refractivity contribution in [3.63, 3.8) is 0 Å². The van der Waals surface area contributed by atoms with Gasteiger partial charge in [0.2, 0.25) is 0 Å². The minimum atomic E-state index is -0.967. The maximum Gasteiger partial charge on any atom is 0.337 e. The van der Waals surface area contributed by atoms with Crippen LogP contribution in [0.15, 0.2) is 42.6 Å². The predicted molar refractivity (Wildman–Crippen MR) is 78.6 cm³/mol. The number of carbonyl (C=O) groups is 1. The van der Waals surface area contributed by atoms with Crippen molar-refractivity contribution in [2.75, 3.05) is 7.11 Å². The molecule has 2 heterocycles. The summed E-state index contributed by atoms with van der Waals surface area (Å²) in [6, 6.07) is 11.2. The number of hydrogen-bond donors (Lipinski definition) is 1. The highest BCUT2D eigenvalue weighted by molar-refractivity contribution is 7.22. The molecular weight excluding hydrogens is 274 g/mol. The minimum absolute atomic E-state index is 0.191. The number of thiophene rings is 1. The van der Waals surface area contributed by atoms with Gasteiger partial charge >= 0.3 is 5.97 Å². The van der Waals surface area contributed by atoms with Gasteiger partial charge < -0.3 is 9.84 Å². The zero-order valence-electron chi connectivity index (χ0n) is 10.7. The van der Waals surface area contributed by atoms with Crippen molar-refractivity contribution >= 4 is 27.4 Å². The van der Waals surface area contributed by atoms with Crippen LogP contribution in [-0.4, -0.2) is 23.2 Å². The molecule has 0 aliphatic carbocycles. The molecule has 20 heavy (non-hydrogen) atoms. The molecule has 0 bridgehead atoms. The summed E-state index contributed by atoms with van der Waals surface area (Å²) in [5.41, 5.74) is 0.965. The number of pyridine rings is 1. The molecule has 0 unspecified atom stereocenters. The lowest BCUT2D eigenvalue weighted by molar-refractivity contribution is 0.0696. The topological polar surface area (TPSA) is 59.4 Å². The summed E-state index contributed by atoms with van der Waals surface area (Å²) in [5, 5.41) is 9.99. The Labute approximate surface area is 119 Å². The number of methoxy groups -OCH3 is 1. The number of ether oxygens (including phenoxy) is 1. The monoisotopic (exact) mass is 285 g/mol. The van der Waals surface area contributed by atoms with Gasteiger partial charge in [0.05, 0.1) is 23.2 Å². The summed E-state index contributed by atoms with van der Waals surface area (Å²) in [5.74, 6) is -0.148. The smallest absolute Gasteiger partial charge is 0.337 e. The van der Waals surface area contributed by atoms with E-state index in [0.29, 0.717) is 0 Å². The number of hydrogen-bond acceptors (Lipinski definition) is 4. The number of aromatic carboxylic acids is 1. The van der Waals surface area contributed by atoms with E-state index in [1.807, 2.05) is 24.3 Å². The summed E-state index contributed by atoms with van der Waals surface area (Å²) >= 11 is 1.60. The van der Waals surface area contributed by atoms with Gasteiger partial charge in [0.15, 0.2) is 0 Å². The lowest BCUT2D eigenvalue weighted by Gasteiger charge is -1.97. The van der Waals surface area contributed by atoms with Crippen LogP contribution in [0.4, 0.5) is 0 Å². The third-order valence-electron chi connectivity index (χ3n) is 2.99. The second-order valence-electron chi connectivity index (χ2n) is 4.25. The van der Waals surface area contributed by atoms with Crippen molar-refractivity contribution in [3.8, 4) is 16.3 Å². The zero-order chi connectivity index (χ0) is 14.1. The lowest BCUT2D eigenvalue weighted by Crippen LogP contribution is -1.96. The second kappa shape index (κ2) is 4.94. The van der Waals surface area contributed by atoms with Crippen LogP contribution in [0.2, 0.25) is 0 Å². The Morgan fingerprint density at radius 3 is 2.75 bits per heavy atom. The normalized spacial score (nSPS) is 10.7. The number of aromatic nitrogens is 1. The molecule has 0 saturated heterocycles. The van der Waals surface area contributed by atoms with Gasteiger partial charge in [-0.05, 0) is 41.8 Å². The molecule has 2 aromatic heterocycles. The van der Waals surface area contributed by atoms with E-state index < -0.39 is 5.97 Å². The third kappa shape index (κ3) is 2.23. The lowest BCUT2D eigenvalue weighted by atomic mass is 10.2. The summed E-state index contributed by atoms with van der Waals surface area (Å²) in [7, 11) is 1.64. The third-order valence-corrected chi connectivity index (χ3v) is 4.11. The molecule has 5 heteroatoms. The van der Waals surface area contributed by atoms with Gasteiger partial charge in [-0.15, -0.1) is 11.3 Å². The predicted octanol–water partition coefficient (Wildman–Crippen LogP) is 3.67. The van der Waals surface area contributed by atoms with Crippen LogP contribution in [0.3, 0.4) is 0 Å². The Hall–Kier alpha value is -2.40. The van der Waals surface area contributed by atoms with Gasteiger partial charge in [-0.1, -0.05) is 0 Å². The van der Waals surface area contributed by atoms with E-state index in [2.05, 4.69) is 4.98 Å². The van der Waals surface area contributed by atoms with E-state index in [-0.39, 0.29) is 5.56 Å². The van der Waals surface area contributed by atoms with Gasteiger partial charge in [0, 0.05) is 10.9 Å². The van der Waals surface area contributed by atoms with Gasteiger partial charge in [0.25, 0.3) is 0 Å². The first kappa shape index (κ1) is 12.6. The number of nitrogens with zero attached hydrogens (tertiary/aromatic N) is 1. The molecule has 0 atom stereocenters. The Morgan fingerprint density at radius 2 is 2.10 bits per heavy atom. The van der Waals surface area contributed by atoms with Crippen molar-refractivity contribution < 1.29 is 14.6 Å². The molecule has 1 aromatic carbocycles. The molecule has 0 aliphatic rings. The Bertz CT molecular complexity index is 777. The molecule has 0 fully saturated rings. The summed E-state index contributed by atoms with van der Waals surface area (Å²) < 4.78 is 6.32. The minimum Gasteiger partial charge on any atom is -0.497 e. The summed E-state index contributed by atoms with van der Waals surface area (Å²) in [4.78, 5) is 16.0. The van der Waals surface area contributed by atoms with Crippen LogP contribution in [0.5, 0.6) is 5.75 Å². The number of fused-ring (bicyclic) bond motifs is 1. The van der Waals surface area contributed by atoms with Gasteiger partial charge in [-0.3, -0.25) is 4.98 Å². The van der Waals surface area contributed by atoms with Gasteiger partial charge in [-0.2, -0.15) is 0 Å². The van der Waals surface area contributed by atoms with Crippen molar-refractivity contribution in [3.05, 3.63) is 48.2 Å². The van der Waals surface area contributed by atoms with Crippen LogP contribution in [0, 0.1) is 0 Å². The van der Waals surface area contributed by atoms with E-state index in [0.717, 1.165) is 26.4 Å². The maximum absolute atomic E-state index is 10.8. The van der Waals surface area contributed by atoms with Crippen LogP contribution in [0.1, 0.15) is 10.4 Å². The van der Waals surface area contributed by atoms with Crippen LogP contribution >= 0.6 is 11.3 Å². The molecule has 1 N–H and O–H groups in total. The van der Waals surface area contributed by atoms with Crippen LogP contribution in [0.25, 0.3) is 20.7 Å². The van der Waals surface area contributed by atoms with Crippen LogP contribution < -0.4 is 4.74 Å². The molecule has 3 rings (SSSR count). The molecular formula is C15H11NO3S. The van der Waals surface area contributed by atoms with E-state index in [1.54, 1.807) is 30.6 Å². The Balaban J connectivity index is 2.03. The molecule has 0 amide bonds. The number of benzene rings is 1. The summed E-state index contributed by atoms with van der Waals surface area (Å²) in [6.45, 7) is 0. The quantitative estimate of drug-likeness (QED) is 0.797. The fraction of sp³-hybridized carbons (Fsp3) is 0.0667. The molecule has 100 valence electrons. The largest absolute Gasteiger partial charge is 0.497 e. The Kier molecular flexibility index (Phi) is 3.12. The first-order valence-corrected chi connectivity index (χ1v) is 6.76. The van der Waals surface area contributed by atoms with E-state index in [4.69, 9.17) is 9.84 Å². The maximum atomic E-state index is 10.8. The molecule has 0 saturated carbocycles. The molecule has 4 nitrogen and oxygen atoms in total. The Morgan fingerprint density at radius 1 is 1.25 bits per heavy atom. The fourth-order valence-corrected chi connectivity index (χ4v) is 3.00. The van der Waals surface area contributed by atoms with Crippen molar-refractivity contribution in [2.24, 2.45) is 0 Å². The fourth-order valence-electron chi connectivity index (χ4n) is 1.93. The zero-order valence-corrected chi connectivity index (χ0v) is 11.5. The second-order valence-corrected chi connectivity index (χ2v) is 5.34. The number of carboxylic acid groups (broad SMARTS) is 1. The highest BCUT2D eigenvalue weighted by atomic mass is 32.1. The van der Waals surface area contributed by atoms with Gasteiger partial charge in [-0.25, -0.2) is 4.79 Å².